The molecular formula is C34H37NO10. The average Bonchev–Trinajstić information content (AvgIpc) is 3.48. The Labute approximate surface area is 261 Å². The van der Waals surface area contributed by atoms with E-state index in [1.54, 1.807) is 6.92 Å². The van der Waals surface area contributed by atoms with Gasteiger partial charge in [0.15, 0.2) is 6.10 Å². The van der Waals surface area contributed by atoms with Crippen LogP contribution in [-0.2, 0) is 39.8 Å². The molecule has 45 heavy (non-hydrogen) atoms. The lowest BCUT2D eigenvalue weighted by molar-refractivity contribution is -0.224. The maximum Gasteiger partial charge on any atom is 0.379 e. The SMILES string of the molecule is CC(C)OC(=O)C1(C(=O)O)OCC(C(=O)N(CC(=O)O)C(C)C(CCc2ccccc2)c2ccc(Oc3ccccc3)cc2)O1. The van der Waals surface area contributed by atoms with Gasteiger partial charge in [0.1, 0.15) is 18.0 Å². The van der Waals surface area contributed by atoms with E-state index >= 15 is 0 Å². The predicted molar refractivity (Wildman–Crippen MR) is 162 cm³/mol. The summed E-state index contributed by atoms with van der Waals surface area (Å²) < 4.78 is 21.6. The highest BCUT2D eigenvalue weighted by Gasteiger charge is 2.59. The smallest absolute Gasteiger partial charge is 0.379 e. The summed E-state index contributed by atoms with van der Waals surface area (Å²) in [6.07, 6.45) is -1.04. The summed E-state index contributed by atoms with van der Waals surface area (Å²) in [5.74, 6) is -7.10. The van der Waals surface area contributed by atoms with E-state index in [1.165, 1.54) is 13.8 Å². The van der Waals surface area contributed by atoms with E-state index in [2.05, 4.69) is 0 Å². The number of amides is 1. The molecule has 238 valence electrons. The van der Waals surface area contributed by atoms with Gasteiger partial charge in [0, 0.05) is 12.0 Å². The Bertz CT molecular complexity index is 1460. The summed E-state index contributed by atoms with van der Waals surface area (Å²) in [7, 11) is 0. The van der Waals surface area contributed by atoms with E-state index in [4.69, 9.17) is 18.9 Å². The van der Waals surface area contributed by atoms with Crippen molar-refractivity contribution in [3.8, 4) is 11.5 Å². The first-order valence-electron chi connectivity index (χ1n) is 14.7. The quantitative estimate of drug-likeness (QED) is 0.193. The van der Waals surface area contributed by atoms with Gasteiger partial charge in [-0.05, 0) is 69.0 Å². The van der Waals surface area contributed by atoms with Gasteiger partial charge in [-0.25, -0.2) is 9.59 Å². The van der Waals surface area contributed by atoms with Gasteiger partial charge in [0.2, 0.25) is 0 Å². The normalized spacial score (nSPS) is 19.0. The van der Waals surface area contributed by atoms with Crippen LogP contribution in [0.5, 0.6) is 11.5 Å². The first-order valence-corrected chi connectivity index (χ1v) is 14.7. The Morgan fingerprint density at radius 1 is 0.889 bits per heavy atom. The van der Waals surface area contributed by atoms with Crippen molar-refractivity contribution in [1.29, 1.82) is 0 Å². The van der Waals surface area contributed by atoms with Crippen LogP contribution in [0.25, 0.3) is 0 Å². The molecule has 4 unspecified atom stereocenters. The number of aliphatic carboxylic acids is 2. The summed E-state index contributed by atoms with van der Waals surface area (Å²) in [6.45, 7) is 3.52. The van der Waals surface area contributed by atoms with E-state index in [9.17, 15) is 29.4 Å². The molecule has 1 fully saturated rings. The zero-order chi connectivity index (χ0) is 32.6. The first kappa shape index (κ1) is 33.2. The van der Waals surface area contributed by atoms with Crippen LogP contribution in [0.3, 0.4) is 0 Å². The van der Waals surface area contributed by atoms with Crippen LogP contribution in [0, 0.1) is 0 Å². The molecule has 2 N–H and O–H groups in total. The fourth-order valence-electron chi connectivity index (χ4n) is 5.21. The van der Waals surface area contributed by atoms with Crippen molar-refractivity contribution in [2.75, 3.05) is 13.2 Å². The molecule has 3 aromatic carbocycles. The van der Waals surface area contributed by atoms with E-state index in [0.717, 1.165) is 16.0 Å². The molecule has 0 aliphatic carbocycles. The van der Waals surface area contributed by atoms with E-state index in [1.807, 2.05) is 84.9 Å². The number of hydrogen-bond donors (Lipinski definition) is 2. The maximum atomic E-state index is 13.8. The van der Waals surface area contributed by atoms with E-state index in [-0.39, 0.29) is 5.92 Å². The number of esters is 1. The van der Waals surface area contributed by atoms with Gasteiger partial charge in [-0.1, -0.05) is 60.7 Å². The van der Waals surface area contributed by atoms with Gasteiger partial charge in [0.05, 0.1) is 12.7 Å². The second-order valence-electron chi connectivity index (χ2n) is 11.0. The largest absolute Gasteiger partial charge is 0.480 e. The standard InChI is InChI=1S/C34H37NO10/c1-22(2)43-33(41)34(32(39)40)42-21-29(45-34)31(38)35(20-30(36)37)23(3)28(19-14-24-10-6-4-7-11-24)25-15-17-27(18-16-25)44-26-12-8-5-9-13-26/h4-13,15-18,22-23,28-29H,14,19-21H2,1-3H3,(H,36,37)(H,39,40). The van der Waals surface area contributed by atoms with Crippen molar-refractivity contribution in [3.63, 3.8) is 0 Å². The number of ether oxygens (including phenoxy) is 4. The highest BCUT2D eigenvalue weighted by molar-refractivity contribution is 6.02. The van der Waals surface area contributed by atoms with Crippen molar-refractivity contribution in [2.45, 2.75) is 63.6 Å². The molecule has 0 spiro atoms. The molecule has 1 aliphatic rings. The van der Waals surface area contributed by atoms with E-state index < -0.39 is 61.0 Å². The van der Waals surface area contributed by atoms with Gasteiger partial charge < -0.3 is 34.1 Å². The molecule has 3 aromatic rings. The third kappa shape index (κ3) is 8.25. The maximum absolute atomic E-state index is 13.8. The summed E-state index contributed by atoms with van der Waals surface area (Å²) in [5, 5.41) is 19.6. The zero-order valence-electron chi connectivity index (χ0n) is 25.3. The third-order valence-corrected chi connectivity index (χ3v) is 7.45. The summed E-state index contributed by atoms with van der Waals surface area (Å²) in [5.41, 5.74) is 1.91. The van der Waals surface area contributed by atoms with Gasteiger partial charge in [-0.3, -0.25) is 9.59 Å². The highest BCUT2D eigenvalue weighted by Crippen LogP contribution is 2.33. The molecule has 1 saturated heterocycles. The van der Waals surface area contributed by atoms with Crippen LogP contribution >= 0.6 is 0 Å². The highest BCUT2D eigenvalue weighted by atomic mass is 16.8. The fraction of sp³-hybridized carbons (Fsp3) is 0.353. The number of aryl methyl sites for hydroxylation is 1. The Morgan fingerprint density at radius 3 is 2.07 bits per heavy atom. The molecule has 0 bridgehead atoms. The van der Waals surface area contributed by atoms with Crippen LogP contribution in [0.2, 0.25) is 0 Å². The summed E-state index contributed by atoms with van der Waals surface area (Å²) in [6, 6.07) is 25.7. The predicted octanol–water partition coefficient (Wildman–Crippen LogP) is 4.64. The number of carboxylic acids is 2. The second-order valence-corrected chi connectivity index (χ2v) is 11.0. The van der Waals surface area contributed by atoms with Gasteiger partial charge in [0.25, 0.3) is 5.91 Å². The molecule has 1 amide bonds. The molecule has 11 nitrogen and oxygen atoms in total. The summed E-state index contributed by atoms with van der Waals surface area (Å²) >= 11 is 0. The Morgan fingerprint density at radius 2 is 1.49 bits per heavy atom. The first-order chi connectivity index (χ1) is 21.5. The van der Waals surface area contributed by atoms with Gasteiger partial charge >= 0.3 is 23.7 Å². The lowest BCUT2D eigenvalue weighted by Gasteiger charge is -2.35. The Kier molecular flexibility index (Phi) is 10.9. The molecule has 4 rings (SSSR count). The number of nitrogens with zero attached hydrogens (tertiary/aromatic N) is 1. The monoisotopic (exact) mass is 619 g/mol. The molecule has 1 aliphatic heterocycles. The molecule has 0 aromatic heterocycles. The molecule has 11 heteroatoms. The van der Waals surface area contributed by atoms with Gasteiger partial charge in [-0.2, -0.15) is 0 Å². The Balaban J connectivity index is 1.61. The number of hydrogen-bond acceptors (Lipinski definition) is 8. The number of carboxylic acid groups (broad SMARTS) is 2. The van der Waals surface area contributed by atoms with Crippen LogP contribution in [0.1, 0.15) is 44.2 Å². The van der Waals surface area contributed by atoms with E-state index in [0.29, 0.717) is 24.3 Å². The lowest BCUT2D eigenvalue weighted by atomic mass is 9.85. The van der Waals surface area contributed by atoms with Crippen LogP contribution < -0.4 is 4.74 Å². The van der Waals surface area contributed by atoms with Crippen LogP contribution in [0.4, 0.5) is 0 Å². The third-order valence-electron chi connectivity index (χ3n) is 7.45. The molecule has 4 atom stereocenters. The zero-order valence-corrected chi connectivity index (χ0v) is 25.3. The number of carbonyl (C=O) groups is 4. The minimum atomic E-state index is -2.84. The Hall–Kier alpha value is -4.74. The second kappa shape index (κ2) is 14.8. The van der Waals surface area contributed by atoms with Crippen molar-refractivity contribution in [2.24, 2.45) is 0 Å². The minimum absolute atomic E-state index is 0.350. The van der Waals surface area contributed by atoms with Gasteiger partial charge in [-0.15, -0.1) is 0 Å². The number of carbonyl (C=O) groups excluding carboxylic acids is 2. The fourth-order valence-corrected chi connectivity index (χ4v) is 5.21. The number of rotatable bonds is 14. The van der Waals surface area contributed by atoms with Crippen molar-refractivity contribution >= 4 is 23.8 Å². The molecule has 0 saturated carbocycles. The minimum Gasteiger partial charge on any atom is -0.480 e. The van der Waals surface area contributed by atoms with Crippen LogP contribution in [0.15, 0.2) is 84.9 Å². The number of para-hydroxylation sites is 1. The number of benzene rings is 3. The average molecular weight is 620 g/mol. The molecular weight excluding hydrogens is 582 g/mol. The van der Waals surface area contributed by atoms with Crippen molar-refractivity contribution in [3.05, 3.63) is 96.1 Å². The van der Waals surface area contributed by atoms with Crippen molar-refractivity contribution < 1.29 is 48.3 Å². The summed E-state index contributed by atoms with van der Waals surface area (Å²) in [4.78, 5) is 51.7. The van der Waals surface area contributed by atoms with Crippen LogP contribution in [-0.4, -0.2) is 76.1 Å². The van der Waals surface area contributed by atoms with Crippen molar-refractivity contribution in [1.82, 2.24) is 4.90 Å². The molecule has 1 heterocycles. The lowest BCUT2D eigenvalue weighted by Crippen LogP contribution is -2.53. The topological polar surface area (TPSA) is 149 Å². The molecule has 0 radical (unpaired) electrons.